The summed E-state index contributed by atoms with van der Waals surface area (Å²) in [5.41, 5.74) is 2.51. The summed E-state index contributed by atoms with van der Waals surface area (Å²) in [6.07, 6.45) is 3.15. The summed E-state index contributed by atoms with van der Waals surface area (Å²) in [5.74, 6) is 0. The monoisotopic (exact) mass is 274 g/mol. The average molecular weight is 274 g/mol. The number of hydrogen-bond acceptors (Lipinski definition) is 3. The van der Waals surface area contributed by atoms with Crippen molar-refractivity contribution in [3.8, 4) is 0 Å². The van der Waals surface area contributed by atoms with Gasteiger partial charge in [0.15, 0.2) is 0 Å². The summed E-state index contributed by atoms with van der Waals surface area (Å²) in [6.45, 7) is 9.68. The molecule has 0 unspecified atom stereocenters. The van der Waals surface area contributed by atoms with Crippen LogP contribution in [0.25, 0.3) is 0 Å². The van der Waals surface area contributed by atoms with E-state index in [1.165, 1.54) is 11.3 Å². The SMILES string of the molecule is CC1(C)CC(N2CCc3ccccc32)CC(C)(C)N1O. The molecule has 3 heteroatoms. The number of hydroxylamine groups is 2. The van der Waals surface area contributed by atoms with E-state index in [0.717, 1.165) is 25.8 Å². The number of hydrogen-bond donors (Lipinski definition) is 1. The first-order chi connectivity index (χ1) is 9.31. The zero-order valence-electron chi connectivity index (χ0n) is 13.1. The van der Waals surface area contributed by atoms with Crippen LogP contribution in [-0.4, -0.2) is 33.9 Å². The van der Waals surface area contributed by atoms with Crippen LogP contribution < -0.4 is 4.90 Å². The van der Waals surface area contributed by atoms with Crippen molar-refractivity contribution >= 4 is 5.69 Å². The molecule has 1 saturated heterocycles. The minimum Gasteiger partial charge on any atom is -0.368 e. The highest BCUT2D eigenvalue weighted by atomic mass is 16.5. The van der Waals surface area contributed by atoms with Crippen molar-refractivity contribution in [1.29, 1.82) is 0 Å². The number of fused-ring (bicyclic) bond motifs is 1. The Morgan fingerprint density at radius 1 is 1.05 bits per heavy atom. The number of para-hydroxylation sites is 1. The number of nitrogens with zero attached hydrogens (tertiary/aromatic N) is 2. The minimum atomic E-state index is -0.177. The second-order valence-corrected chi connectivity index (χ2v) is 7.57. The maximum Gasteiger partial charge on any atom is 0.0429 e. The molecule has 2 aliphatic heterocycles. The topological polar surface area (TPSA) is 26.7 Å². The van der Waals surface area contributed by atoms with Crippen molar-refractivity contribution in [3.63, 3.8) is 0 Å². The lowest BCUT2D eigenvalue weighted by atomic mass is 9.78. The predicted molar refractivity (Wildman–Crippen MR) is 82.3 cm³/mol. The Balaban J connectivity index is 1.89. The third-order valence-electron chi connectivity index (χ3n) is 4.98. The van der Waals surface area contributed by atoms with Crippen molar-refractivity contribution in [1.82, 2.24) is 5.06 Å². The number of benzene rings is 1. The van der Waals surface area contributed by atoms with Crippen LogP contribution in [0.2, 0.25) is 0 Å². The Hall–Kier alpha value is -1.06. The second-order valence-electron chi connectivity index (χ2n) is 7.57. The number of piperidine rings is 1. The third kappa shape index (κ3) is 2.13. The van der Waals surface area contributed by atoms with E-state index >= 15 is 0 Å². The van der Waals surface area contributed by atoms with Crippen molar-refractivity contribution in [2.75, 3.05) is 11.4 Å². The van der Waals surface area contributed by atoms with Gasteiger partial charge in [0.1, 0.15) is 0 Å². The largest absolute Gasteiger partial charge is 0.368 e. The van der Waals surface area contributed by atoms with Gasteiger partial charge in [0, 0.05) is 29.4 Å². The molecule has 110 valence electrons. The van der Waals surface area contributed by atoms with Gasteiger partial charge in [-0.15, -0.1) is 0 Å². The van der Waals surface area contributed by atoms with Crippen LogP contribution >= 0.6 is 0 Å². The molecule has 3 nitrogen and oxygen atoms in total. The van der Waals surface area contributed by atoms with E-state index in [0.29, 0.717) is 6.04 Å². The molecule has 1 N–H and O–H groups in total. The lowest BCUT2D eigenvalue weighted by Crippen LogP contribution is -2.63. The van der Waals surface area contributed by atoms with Crippen molar-refractivity contribution in [2.24, 2.45) is 0 Å². The van der Waals surface area contributed by atoms with E-state index in [9.17, 15) is 5.21 Å². The van der Waals surface area contributed by atoms with Gasteiger partial charge in [-0.3, -0.25) is 0 Å². The fraction of sp³-hybridized carbons (Fsp3) is 0.647. The summed E-state index contributed by atoms with van der Waals surface area (Å²) in [4.78, 5) is 2.56. The van der Waals surface area contributed by atoms with E-state index in [1.54, 1.807) is 5.06 Å². The molecule has 1 aromatic rings. The zero-order chi connectivity index (χ0) is 14.5. The van der Waals surface area contributed by atoms with Gasteiger partial charge in [0.2, 0.25) is 0 Å². The average Bonchev–Trinajstić information content (AvgIpc) is 2.79. The molecule has 2 heterocycles. The molecule has 2 aliphatic rings. The lowest BCUT2D eigenvalue weighted by Gasteiger charge is -2.53. The molecule has 0 aliphatic carbocycles. The summed E-state index contributed by atoms with van der Waals surface area (Å²) in [5, 5.41) is 12.0. The first kappa shape index (κ1) is 13.9. The molecule has 1 aromatic carbocycles. The Bertz CT molecular complexity index is 491. The summed E-state index contributed by atoms with van der Waals surface area (Å²) >= 11 is 0. The fourth-order valence-corrected chi connectivity index (χ4v) is 4.18. The molecule has 20 heavy (non-hydrogen) atoms. The molecule has 0 atom stereocenters. The van der Waals surface area contributed by atoms with Gasteiger partial charge >= 0.3 is 0 Å². The van der Waals surface area contributed by atoms with Crippen LogP contribution in [0.1, 0.15) is 46.1 Å². The number of rotatable bonds is 1. The predicted octanol–water partition coefficient (Wildman–Crippen LogP) is 3.46. The number of anilines is 1. The van der Waals surface area contributed by atoms with Crippen LogP contribution in [0.3, 0.4) is 0 Å². The minimum absolute atomic E-state index is 0.177. The molecule has 0 bridgehead atoms. The molecular formula is C17H26N2O. The highest BCUT2D eigenvalue weighted by Gasteiger charge is 2.47. The Kier molecular flexibility index (Phi) is 3.11. The standard InChI is InChI=1S/C17H26N2O/c1-16(2)11-14(12-17(3,4)19(16)20)18-10-9-13-7-5-6-8-15(13)18/h5-8,14,20H,9-12H2,1-4H3. The lowest BCUT2D eigenvalue weighted by molar-refractivity contribution is -0.244. The Labute approximate surface area is 122 Å². The molecule has 0 amide bonds. The van der Waals surface area contributed by atoms with E-state index in [2.05, 4.69) is 56.9 Å². The quantitative estimate of drug-likeness (QED) is 0.849. The Morgan fingerprint density at radius 3 is 2.30 bits per heavy atom. The maximum atomic E-state index is 10.4. The smallest absolute Gasteiger partial charge is 0.0429 e. The van der Waals surface area contributed by atoms with Crippen molar-refractivity contribution < 1.29 is 5.21 Å². The van der Waals surface area contributed by atoms with Gasteiger partial charge in [0.05, 0.1) is 0 Å². The molecular weight excluding hydrogens is 248 g/mol. The highest BCUT2D eigenvalue weighted by Crippen LogP contribution is 2.41. The Morgan fingerprint density at radius 2 is 1.65 bits per heavy atom. The highest BCUT2D eigenvalue weighted by molar-refractivity contribution is 5.58. The summed E-state index contributed by atoms with van der Waals surface area (Å²) < 4.78 is 0. The fourth-order valence-electron chi connectivity index (χ4n) is 4.18. The molecule has 3 rings (SSSR count). The molecule has 0 spiro atoms. The van der Waals surface area contributed by atoms with Crippen LogP contribution in [-0.2, 0) is 6.42 Å². The van der Waals surface area contributed by atoms with Crippen LogP contribution in [0.4, 0.5) is 5.69 Å². The van der Waals surface area contributed by atoms with Gasteiger partial charge in [-0.2, -0.15) is 5.06 Å². The molecule has 0 aromatic heterocycles. The first-order valence-corrected chi connectivity index (χ1v) is 7.65. The van der Waals surface area contributed by atoms with Crippen LogP contribution in [0.5, 0.6) is 0 Å². The van der Waals surface area contributed by atoms with E-state index in [1.807, 2.05) is 0 Å². The molecule has 0 radical (unpaired) electrons. The van der Waals surface area contributed by atoms with Gasteiger partial charge in [-0.05, 0) is 58.6 Å². The summed E-state index contributed by atoms with van der Waals surface area (Å²) in [7, 11) is 0. The zero-order valence-corrected chi connectivity index (χ0v) is 13.1. The maximum absolute atomic E-state index is 10.4. The van der Waals surface area contributed by atoms with Gasteiger partial charge in [0.25, 0.3) is 0 Å². The van der Waals surface area contributed by atoms with Gasteiger partial charge in [-0.1, -0.05) is 18.2 Å². The second kappa shape index (κ2) is 4.47. The summed E-state index contributed by atoms with van der Waals surface area (Å²) in [6, 6.07) is 9.26. The van der Waals surface area contributed by atoms with E-state index in [-0.39, 0.29) is 11.1 Å². The third-order valence-corrected chi connectivity index (χ3v) is 4.98. The van der Waals surface area contributed by atoms with Crippen LogP contribution in [0, 0.1) is 0 Å². The van der Waals surface area contributed by atoms with Crippen LogP contribution in [0.15, 0.2) is 24.3 Å². The van der Waals surface area contributed by atoms with E-state index in [4.69, 9.17) is 0 Å². The van der Waals surface area contributed by atoms with Gasteiger partial charge in [-0.25, -0.2) is 0 Å². The molecule has 1 fully saturated rings. The normalized spacial score (nSPS) is 25.8. The van der Waals surface area contributed by atoms with Crippen molar-refractivity contribution in [3.05, 3.63) is 29.8 Å². The van der Waals surface area contributed by atoms with Crippen molar-refractivity contribution in [2.45, 2.75) is 64.1 Å². The van der Waals surface area contributed by atoms with Gasteiger partial charge < -0.3 is 10.1 Å². The molecule has 0 saturated carbocycles. The first-order valence-electron chi connectivity index (χ1n) is 7.65. The van der Waals surface area contributed by atoms with E-state index < -0.39 is 0 Å².